The van der Waals surface area contributed by atoms with E-state index in [9.17, 15) is 22.0 Å². The van der Waals surface area contributed by atoms with Crippen molar-refractivity contribution in [3.63, 3.8) is 0 Å². The number of rotatable bonds is 7. The second-order valence-corrected chi connectivity index (χ2v) is 7.64. The number of likely N-dealkylation sites (N-methyl/N-ethyl adjacent to an activating group) is 1. The second-order valence-electron chi connectivity index (χ2n) is 5.73. The van der Waals surface area contributed by atoms with Gasteiger partial charge in [-0.05, 0) is 36.8 Å². The first-order valence-corrected chi connectivity index (χ1v) is 9.53. The van der Waals surface area contributed by atoms with Crippen molar-refractivity contribution in [2.75, 3.05) is 25.5 Å². The summed E-state index contributed by atoms with van der Waals surface area (Å²) in [6.45, 7) is 2.65. The Morgan fingerprint density at radius 1 is 1.19 bits per heavy atom. The van der Waals surface area contributed by atoms with Gasteiger partial charge in [0, 0.05) is 6.54 Å². The van der Waals surface area contributed by atoms with Crippen LogP contribution in [-0.2, 0) is 14.8 Å². The number of methoxy groups -OCH3 is 1. The third kappa shape index (κ3) is 4.61. The first kappa shape index (κ1) is 20.8. The lowest BCUT2D eigenvalue weighted by Crippen LogP contribution is -2.38. The fraction of sp³-hybridized carbons (Fsp3) is 0.278. The Bertz CT molecular complexity index is 928. The Balaban J connectivity index is 2.28. The number of halogens is 2. The quantitative estimate of drug-likeness (QED) is 0.778. The number of nitrogens with one attached hydrogen (secondary N) is 1. The van der Waals surface area contributed by atoms with Crippen LogP contribution >= 0.6 is 0 Å². The Hall–Kier alpha value is -2.52. The molecule has 0 aromatic heterocycles. The summed E-state index contributed by atoms with van der Waals surface area (Å²) in [6, 6.07) is 7.79. The number of hydrogen-bond donors (Lipinski definition) is 1. The zero-order chi connectivity index (χ0) is 20.2. The molecule has 0 fully saturated rings. The van der Waals surface area contributed by atoms with E-state index in [1.807, 2.05) is 0 Å². The van der Waals surface area contributed by atoms with Gasteiger partial charge in [0.1, 0.15) is 28.0 Å². The van der Waals surface area contributed by atoms with Crippen molar-refractivity contribution in [1.82, 2.24) is 4.31 Å². The molecule has 27 heavy (non-hydrogen) atoms. The highest BCUT2D eigenvalue weighted by atomic mass is 32.2. The van der Waals surface area contributed by atoms with Crippen molar-refractivity contribution < 1.29 is 26.7 Å². The van der Waals surface area contributed by atoms with Crippen LogP contribution < -0.4 is 10.1 Å². The molecule has 0 atom stereocenters. The monoisotopic (exact) mass is 398 g/mol. The lowest BCUT2D eigenvalue weighted by molar-refractivity contribution is -0.116. The van der Waals surface area contributed by atoms with Crippen LogP contribution in [0.25, 0.3) is 0 Å². The topological polar surface area (TPSA) is 75.7 Å². The van der Waals surface area contributed by atoms with E-state index in [-0.39, 0.29) is 17.2 Å². The maximum absolute atomic E-state index is 13.7. The number of benzene rings is 2. The highest BCUT2D eigenvalue weighted by Crippen LogP contribution is 2.28. The summed E-state index contributed by atoms with van der Waals surface area (Å²) >= 11 is 0. The predicted molar refractivity (Wildman–Crippen MR) is 97.2 cm³/mol. The Labute approximate surface area is 156 Å². The highest BCUT2D eigenvalue weighted by Gasteiger charge is 2.29. The number of para-hydroxylation sites is 1. The van der Waals surface area contributed by atoms with Gasteiger partial charge in [0.15, 0.2) is 0 Å². The van der Waals surface area contributed by atoms with E-state index >= 15 is 0 Å². The van der Waals surface area contributed by atoms with Gasteiger partial charge >= 0.3 is 0 Å². The fourth-order valence-electron chi connectivity index (χ4n) is 2.45. The maximum atomic E-state index is 13.7. The third-order valence-electron chi connectivity index (χ3n) is 3.84. The zero-order valence-electron chi connectivity index (χ0n) is 15.1. The van der Waals surface area contributed by atoms with E-state index in [0.29, 0.717) is 5.56 Å². The average molecular weight is 398 g/mol. The Morgan fingerprint density at radius 2 is 1.81 bits per heavy atom. The summed E-state index contributed by atoms with van der Waals surface area (Å²) in [4.78, 5) is 12.1. The van der Waals surface area contributed by atoms with Gasteiger partial charge in [0.25, 0.3) is 0 Å². The largest absolute Gasteiger partial charge is 0.495 e. The summed E-state index contributed by atoms with van der Waals surface area (Å²) in [5, 5.41) is 2.08. The summed E-state index contributed by atoms with van der Waals surface area (Å²) in [7, 11) is -2.72. The molecule has 9 heteroatoms. The zero-order valence-corrected chi connectivity index (χ0v) is 15.9. The van der Waals surface area contributed by atoms with Gasteiger partial charge in [-0.1, -0.05) is 19.1 Å². The molecular formula is C18H20F2N2O4S. The van der Waals surface area contributed by atoms with Crippen LogP contribution in [0.5, 0.6) is 5.75 Å². The lowest BCUT2D eigenvalue weighted by Gasteiger charge is -2.21. The molecule has 2 rings (SSSR count). The summed E-state index contributed by atoms with van der Waals surface area (Å²) in [6.07, 6.45) is 0. The van der Waals surface area contributed by atoms with Crippen LogP contribution in [0.1, 0.15) is 12.5 Å². The number of nitrogens with zero attached hydrogens (tertiary/aromatic N) is 1. The van der Waals surface area contributed by atoms with E-state index < -0.39 is 39.8 Å². The highest BCUT2D eigenvalue weighted by molar-refractivity contribution is 7.89. The number of sulfonamides is 1. The van der Waals surface area contributed by atoms with Gasteiger partial charge in [0.05, 0.1) is 13.7 Å². The molecule has 146 valence electrons. The summed E-state index contributed by atoms with van der Waals surface area (Å²) < 4.78 is 59.2. The van der Waals surface area contributed by atoms with Crippen molar-refractivity contribution in [3.8, 4) is 5.75 Å². The SMILES string of the molecule is CCN(CC(=O)Nc1c(F)cccc1F)S(=O)(=O)c1cc(C)ccc1OC. The molecule has 1 amide bonds. The molecule has 0 saturated heterocycles. The van der Waals surface area contributed by atoms with Gasteiger partial charge in [-0.2, -0.15) is 4.31 Å². The molecule has 0 radical (unpaired) electrons. The summed E-state index contributed by atoms with van der Waals surface area (Å²) in [5.74, 6) is -2.63. The van der Waals surface area contributed by atoms with E-state index in [1.165, 1.54) is 19.2 Å². The summed E-state index contributed by atoms with van der Waals surface area (Å²) in [5.41, 5.74) is 0.0763. The van der Waals surface area contributed by atoms with Crippen LogP contribution in [0.4, 0.5) is 14.5 Å². The predicted octanol–water partition coefficient (Wildman–Crippen LogP) is 2.93. The second kappa shape index (κ2) is 8.45. The van der Waals surface area contributed by atoms with Gasteiger partial charge in [-0.15, -0.1) is 0 Å². The van der Waals surface area contributed by atoms with Crippen LogP contribution in [0, 0.1) is 18.6 Å². The molecule has 0 aliphatic heterocycles. The van der Waals surface area contributed by atoms with Crippen LogP contribution in [0.15, 0.2) is 41.3 Å². The van der Waals surface area contributed by atoms with Gasteiger partial charge in [0.2, 0.25) is 15.9 Å². The molecule has 1 N–H and O–H groups in total. The van der Waals surface area contributed by atoms with Crippen molar-refractivity contribution in [2.45, 2.75) is 18.7 Å². The molecule has 0 saturated carbocycles. The fourth-order valence-corrected chi connectivity index (χ4v) is 4.09. The molecule has 0 aliphatic carbocycles. The minimum Gasteiger partial charge on any atom is -0.495 e. The maximum Gasteiger partial charge on any atom is 0.247 e. The molecule has 0 spiro atoms. The van der Waals surface area contributed by atoms with Gasteiger partial charge < -0.3 is 10.1 Å². The minimum absolute atomic E-state index is 0.0212. The number of hydrogen-bond acceptors (Lipinski definition) is 4. The van der Waals surface area contributed by atoms with E-state index in [1.54, 1.807) is 19.9 Å². The van der Waals surface area contributed by atoms with Gasteiger partial charge in [-0.25, -0.2) is 17.2 Å². The van der Waals surface area contributed by atoms with E-state index in [2.05, 4.69) is 5.32 Å². The number of ether oxygens (including phenoxy) is 1. The smallest absolute Gasteiger partial charge is 0.247 e. The molecule has 2 aromatic carbocycles. The van der Waals surface area contributed by atoms with Crippen molar-refractivity contribution >= 4 is 21.6 Å². The van der Waals surface area contributed by atoms with E-state index in [0.717, 1.165) is 22.5 Å². The van der Waals surface area contributed by atoms with Crippen LogP contribution in [0.2, 0.25) is 0 Å². The minimum atomic E-state index is -4.06. The van der Waals surface area contributed by atoms with Gasteiger partial charge in [-0.3, -0.25) is 4.79 Å². The molecule has 0 aliphatic rings. The standard InChI is InChI=1S/C18H20F2N2O4S/c1-4-22(11-17(23)21-18-13(19)6-5-7-14(18)20)27(24,25)16-10-12(2)8-9-15(16)26-3/h5-10H,4,11H2,1-3H3,(H,21,23). The molecule has 2 aromatic rings. The molecule has 6 nitrogen and oxygen atoms in total. The molecule has 0 unspecified atom stereocenters. The van der Waals surface area contributed by atoms with Crippen molar-refractivity contribution in [2.24, 2.45) is 0 Å². The average Bonchev–Trinajstić information content (AvgIpc) is 2.62. The number of anilines is 1. The molecule has 0 bridgehead atoms. The first-order chi connectivity index (χ1) is 12.7. The normalized spacial score (nSPS) is 11.5. The number of aryl methyl sites for hydroxylation is 1. The number of carbonyl (C=O) groups is 1. The van der Waals surface area contributed by atoms with E-state index in [4.69, 9.17) is 4.74 Å². The van der Waals surface area contributed by atoms with Crippen LogP contribution in [-0.4, -0.2) is 38.8 Å². The first-order valence-electron chi connectivity index (χ1n) is 8.09. The van der Waals surface area contributed by atoms with Crippen LogP contribution in [0.3, 0.4) is 0 Å². The Morgan fingerprint density at radius 3 is 2.37 bits per heavy atom. The van der Waals surface area contributed by atoms with Crippen molar-refractivity contribution in [1.29, 1.82) is 0 Å². The van der Waals surface area contributed by atoms with Crippen molar-refractivity contribution in [3.05, 3.63) is 53.6 Å². The Kier molecular flexibility index (Phi) is 6.50. The number of carbonyl (C=O) groups excluding carboxylic acids is 1. The number of amides is 1. The molecular weight excluding hydrogens is 378 g/mol. The lowest BCUT2D eigenvalue weighted by atomic mass is 10.2. The third-order valence-corrected chi connectivity index (χ3v) is 5.78. The molecule has 0 heterocycles.